The van der Waals surface area contributed by atoms with Crippen molar-refractivity contribution < 1.29 is 42.1 Å². The topological polar surface area (TPSA) is 216 Å². The molecule has 0 spiro atoms. The molecule has 5 N–H and O–H groups in total. The first-order valence-corrected chi connectivity index (χ1v) is 23.5. The van der Waals surface area contributed by atoms with Crippen LogP contribution in [0.1, 0.15) is 52.5 Å². The molecule has 2 amide bonds. The van der Waals surface area contributed by atoms with Crippen LogP contribution in [0.3, 0.4) is 0 Å². The van der Waals surface area contributed by atoms with Crippen LogP contribution < -0.4 is 30.6 Å². The van der Waals surface area contributed by atoms with Gasteiger partial charge in [-0.05, 0) is 109 Å². The summed E-state index contributed by atoms with van der Waals surface area (Å²) in [4.78, 5) is 36.1. The molecule has 4 aromatic heterocycles. The number of nitrogens with one attached hydrogen (secondary N) is 3. The minimum atomic E-state index is -3.75. The molecule has 0 radical (unpaired) electrons. The van der Waals surface area contributed by atoms with E-state index in [4.69, 9.17) is 24.9 Å². The van der Waals surface area contributed by atoms with E-state index in [0.29, 0.717) is 97.8 Å². The molecule has 8 aromatic rings. The van der Waals surface area contributed by atoms with Gasteiger partial charge in [-0.15, -0.1) is 13.9 Å². The van der Waals surface area contributed by atoms with E-state index in [1.54, 1.807) is 41.2 Å². The van der Waals surface area contributed by atoms with Crippen molar-refractivity contribution >= 4 is 34.4 Å². The van der Waals surface area contributed by atoms with Crippen LogP contribution in [0.2, 0.25) is 0 Å². The quantitative estimate of drug-likeness (QED) is 0.0528. The molecule has 1 fully saturated rings. The molecule has 0 bridgehead atoms. The van der Waals surface area contributed by atoms with Gasteiger partial charge in [-0.1, -0.05) is 54.6 Å². The third-order valence-electron chi connectivity index (χ3n) is 12.7. The van der Waals surface area contributed by atoms with Gasteiger partial charge in [0.15, 0.2) is 11.5 Å². The molecule has 0 unspecified atom stereocenters. The number of rotatable bonds is 20. The van der Waals surface area contributed by atoms with Gasteiger partial charge in [0.1, 0.15) is 29.7 Å². The third-order valence-corrected chi connectivity index (χ3v) is 12.7. The predicted octanol–water partition coefficient (Wildman–Crippen LogP) is 8.43. The molecule has 0 saturated heterocycles. The van der Waals surface area contributed by atoms with Crippen LogP contribution in [-0.2, 0) is 39.3 Å². The summed E-state index contributed by atoms with van der Waals surface area (Å²) in [6.45, 7) is 6.40. The van der Waals surface area contributed by atoms with Gasteiger partial charge in [0.05, 0.1) is 62.0 Å². The Kier molecular flexibility index (Phi) is 13.3. The number of nitrogens with zero attached hydrogens (tertiary/aromatic N) is 6. The lowest BCUT2D eigenvalue weighted by molar-refractivity contribution is -0.286. The van der Waals surface area contributed by atoms with Gasteiger partial charge in [0, 0.05) is 40.4 Å². The van der Waals surface area contributed by atoms with E-state index in [1.807, 2.05) is 61.8 Å². The standard InChI is InChI=1S/C53H50F2N10O7/c1-3-41-42(34-10-14-43-37(25-34)28-59-63-43)29-58-49(56)47(41)33-8-12-40(13-9-33)70-24-23-68-21-22-69-31-39-30-65(64-62-39)20-19-57-50(66)36-6-4-5-35(26-36)48-32(2)7-16-46(60-48)61-51(67)52(17-18-52)38-11-15-44-45(27-38)72-53(54,55)71-44/h4-16,25-30H,3,17-24,31H2,1-2H3,(H2,56,58)(H,57,66)(H,59,63)(H,60,61,67). The highest BCUT2D eigenvalue weighted by Crippen LogP contribution is 2.52. The van der Waals surface area contributed by atoms with Gasteiger partial charge in [-0.2, -0.15) is 5.10 Å². The van der Waals surface area contributed by atoms with E-state index in [1.165, 1.54) is 12.1 Å². The Morgan fingerprint density at radius 2 is 1.68 bits per heavy atom. The highest BCUT2D eigenvalue weighted by atomic mass is 19.3. The molecule has 0 atom stereocenters. The Morgan fingerprint density at radius 3 is 2.51 bits per heavy atom. The number of carbonyl (C=O) groups excluding carboxylic acids is 2. The minimum absolute atomic E-state index is 0.0825. The molecule has 17 nitrogen and oxygen atoms in total. The van der Waals surface area contributed by atoms with Gasteiger partial charge in [0.25, 0.3) is 5.91 Å². The van der Waals surface area contributed by atoms with Crippen LogP contribution in [0.15, 0.2) is 116 Å². The number of anilines is 2. The monoisotopic (exact) mass is 976 g/mol. The fourth-order valence-electron chi connectivity index (χ4n) is 8.80. The van der Waals surface area contributed by atoms with Gasteiger partial charge < -0.3 is 40.1 Å². The lowest BCUT2D eigenvalue weighted by Crippen LogP contribution is -2.28. The molecule has 19 heteroatoms. The summed E-state index contributed by atoms with van der Waals surface area (Å²) in [6.07, 6.45) is 3.51. The maximum atomic E-state index is 13.6. The number of ether oxygens (including phenoxy) is 5. The van der Waals surface area contributed by atoms with Gasteiger partial charge in [0.2, 0.25) is 5.91 Å². The highest BCUT2D eigenvalue weighted by Gasteiger charge is 2.53. The molecule has 1 aliphatic carbocycles. The number of alkyl halides is 2. The van der Waals surface area contributed by atoms with E-state index < -0.39 is 11.7 Å². The number of benzene rings is 4. The molecule has 1 aliphatic heterocycles. The lowest BCUT2D eigenvalue weighted by Gasteiger charge is -2.17. The van der Waals surface area contributed by atoms with Crippen LogP contribution in [0, 0.1) is 6.92 Å². The summed E-state index contributed by atoms with van der Waals surface area (Å²) in [5, 5.41) is 22.3. The number of pyridine rings is 2. The second-order valence-corrected chi connectivity index (χ2v) is 17.5. The summed E-state index contributed by atoms with van der Waals surface area (Å²) in [7, 11) is 0. The predicted molar refractivity (Wildman–Crippen MR) is 263 cm³/mol. The van der Waals surface area contributed by atoms with Crippen LogP contribution in [0.4, 0.5) is 20.4 Å². The van der Waals surface area contributed by atoms with Gasteiger partial charge in [-0.25, -0.2) is 9.97 Å². The van der Waals surface area contributed by atoms with Crippen molar-refractivity contribution in [1.82, 2.24) is 40.5 Å². The Bertz CT molecular complexity index is 3280. The summed E-state index contributed by atoms with van der Waals surface area (Å²) in [5.74, 6) is 0.715. The second-order valence-electron chi connectivity index (χ2n) is 17.5. The Labute approximate surface area is 412 Å². The number of hydrogen-bond donors (Lipinski definition) is 4. The second kappa shape index (κ2) is 20.2. The highest BCUT2D eigenvalue weighted by molar-refractivity contribution is 6.01. The summed E-state index contributed by atoms with van der Waals surface area (Å²) < 4.78 is 55.4. The number of fused-ring (bicyclic) bond motifs is 2. The summed E-state index contributed by atoms with van der Waals surface area (Å²) in [5.41, 5.74) is 15.3. The number of aryl methyl sites for hydroxylation is 1. The van der Waals surface area contributed by atoms with E-state index in [9.17, 15) is 18.4 Å². The Hall–Kier alpha value is -8.29. The number of aromatic amines is 1. The Balaban J connectivity index is 0.635. The molecule has 368 valence electrons. The molecule has 2 aliphatic rings. The summed E-state index contributed by atoms with van der Waals surface area (Å²) in [6, 6.07) is 29.0. The first-order valence-electron chi connectivity index (χ1n) is 23.5. The summed E-state index contributed by atoms with van der Waals surface area (Å²) >= 11 is 0. The zero-order chi connectivity index (χ0) is 49.8. The number of H-pyrrole nitrogens is 1. The van der Waals surface area contributed by atoms with Gasteiger partial charge in [-0.3, -0.25) is 19.4 Å². The van der Waals surface area contributed by atoms with Crippen molar-refractivity contribution in [3.63, 3.8) is 0 Å². The number of nitrogen functional groups attached to an aromatic ring is 1. The fraction of sp³-hybridized carbons (Fsp3) is 0.264. The first kappa shape index (κ1) is 47.4. The molecular formula is C53H50F2N10O7. The third kappa shape index (κ3) is 10.3. The molecule has 1 saturated carbocycles. The van der Waals surface area contributed by atoms with Gasteiger partial charge >= 0.3 is 6.29 Å². The average molecular weight is 977 g/mol. The number of amides is 2. The maximum Gasteiger partial charge on any atom is 0.586 e. The van der Waals surface area contributed by atoms with Crippen LogP contribution >= 0.6 is 0 Å². The van der Waals surface area contributed by atoms with Crippen molar-refractivity contribution in [1.29, 1.82) is 0 Å². The van der Waals surface area contributed by atoms with E-state index in [0.717, 1.165) is 50.7 Å². The van der Waals surface area contributed by atoms with Crippen molar-refractivity contribution in [2.24, 2.45) is 0 Å². The minimum Gasteiger partial charge on any atom is -0.491 e. The van der Waals surface area contributed by atoms with Crippen molar-refractivity contribution in [3.05, 3.63) is 144 Å². The molecular weight excluding hydrogens is 927 g/mol. The van der Waals surface area contributed by atoms with Crippen molar-refractivity contribution in [2.75, 3.05) is 44.0 Å². The van der Waals surface area contributed by atoms with Crippen LogP contribution in [0.25, 0.3) is 44.4 Å². The zero-order valence-electron chi connectivity index (χ0n) is 39.4. The van der Waals surface area contributed by atoms with Crippen LogP contribution in [0.5, 0.6) is 17.2 Å². The van der Waals surface area contributed by atoms with E-state index >= 15 is 0 Å². The number of carbonyl (C=O) groups is 2. The molecule has 10 rings (SSSR count). The fourth-order valence-corrected chi connectivity index (χ4v) is 8.80. The SMILES string of the molecule is CCc1c(-c2ccc3[nH]ncc3c2)cnc(N)c1-c1ccc(OCCOCCOCc2cn(CCNC(=O)c3cccc(-c4nc(NC(=O)C5(c6ccc7c(c6)OC(F)(F)O7)CC5)ccc4C)c3)nn2)cc1. The largest absolute Gasteiger partial charge is 0.586 e. The number of halogens is 2. The Morgan fingerprint density at radius 1 is 0.875 bits per heavy atom. The smallest absolute Gasteiger partial charge is 0.491 e. The number of aromatic nitrogens is 7. The molecule has 72 heavy (non-hydrogen) atoms. The van der Waals surface area contributed by atoms with Crippen molar-refractivity contribution in [2.45, 2.75) is 58.0 Å². The van der Waals surface area contributed by atoms with Crippen molar-refractivity contribution in [3.8, 4) is 50.8 Å². The normalized spacial score (nSPS) is 14.1. The molecule has 4 aromatic carbocycles. The zero-order valence-corrected chi connectivity index (χ0v) is 39.4. The first-order chi connectivity index (χ1) is 34.9. The number of nitrogens with two attached hydrogens (primary N) is 1. The molecule has 5 heterocycles. The average Bonchev–Trinajstić information content (AvgIpc) is 3.66. The lowest BCUT2D eigenvalue weighted by atomic mass is 9.91. The van der Waals surface area contributed by atoms with E-state index in [-0.39, 0.29) is 29.9 Å². The van der Waals surface area contributed by atoms with Crippen LogP contribution in [-0.4, -0.2) is 86.2 Å². The maximum absolute atomic E-state index is 13.6. The van der Waals surface area contributed by atoms with E-state index in [2.05, 4.69) is 64.7 Å². The number of hydrogen-bond acceptors (Lipinski definition) is 13.